The van der Waals surface area contributed by atoms with Gasteiger partial charge in [-0.3, -0.25) is 0 Å². The Morgan fingerprint density at radius 3 is 2.40 bits per heavy atom. The van der Waals surface area contributed by atoms with Crippen LogP contribution in [-0.4, -0.2) is 10.7 Å². The lowest BCUT2D eigenvalue weighted by Crippen LogP contribution is -2.36. The van der Waals surface area contributed by atoms with E-state index in [1.807, 2.05) is 0 Å². The summed E-state index contributed by atoms with van der Waals surface area (Å²) in [6.07, 6.45) is 8.61. The molecule has 58 valence electrons. The lowest BCUT2D eigenvalue weighted by molar-refractivity contribution is -0.0426. The molecule has 2 fully saturated rings. The predicted molar refractivity (Wildman–Crippen MR) is 40.8 cm³/mol. The van der Waals surface area contributed by atoms with Crippen molar-refractivity contribution in [2.75, 3.05) is 0 Å². The molecule has 2 aliphatic rings. The van der Waals surface area contributed by atoms with Gasteiger partial charge in [-0.1, -0.05) is 12.8 Å². The zero-order chi connectivity index (χ0) is 7.03. The highest BCUT2D eigenvalue weighted by molar-refractivity contribution is 4.89. The van der Waals surface area contributed by atoms with Gasteiger partial charge < -0.3 is 5.11 Å². The van der Waals surface area contributed by atoms with Gasteiger partial charge in [0.25, 0.3) is 0 Å². The van der Waals surface area contributed by atoms with Gasteiger partial charge in [-0.25, -0.2) is 0 Å². The van der Waals surface area contributed by atoms with Crippen molar-refractivity contribution in [2.45, 2.75) is 50.5 Å². The Labute approximate surface area is 62.4 Å². The first-order valence-electron chi connectivity index (χ1n) is 4.51. The molecule has 0 unspecified atom stereocenters. The third-order valence-electron chi connectivity index (χ3n) is 3.00. The molecule has 0 aromatic rings. The van der Waals surface area contributed by atoms with E-state index in [1.54, 1.807) is 0 Å². The van der Waals surface area contributed by atoms with Gasteiger partial charge >= 0.3 is 0 Å². The topological polar surface area (TPSA) is 20.2 Å². The van der Waals surface area contributed by atoms with Gasteiger partial charge in [0.2, 0.25) is 0 Å². The summed E-state index contributed by atoms with van der Waals surface area (Å²) in [5.74, 6) is 0.990. The van der Waals surface area contributed by atoms with Gasteiger partial charge in [-0.05, 0) is 38.0 Å². The SMILES string of the molecule is OC1(CCC2CC2)CCC1. The fourth-order valence-corrected chi connectivity index (χ4v) is 1.71. The molecule has 0 heterocycles. The maximum atomic E-state index is 9.69. The van der Waals surface area contributed by atoms with E-state index in [2.05, 4.69) is 0 Å². The summed E-state index contributed by atoms with van der Waals surface area (Å²) in [6.45, 7) is 0. The van der Waals surface area contributed by atoms with Gasteiger partial charge in [0.15, 0.2) is 0 Å². The molecular formula is C9H16O. The molecule has 2 rings (SSSR count). The first-order chi connectivity index (χ1) is 4.79. The maximum Gasteiger partial charge on any atom is 0.0648 e. The smallest absolute Gasteiger partial charge is 0.0648 e. The molecule has 10 heavy (non-hydrogen) atoms. The van der Waals surface area contributed by atoms with E-state index in [0.29, 0.717) is 0 Å². The number of aliphatic hydroxyl groups is 1. The Bertz CT molecular complexity index is 123. The molecule has 0 bridgehead atoms. The van der Waals surface area contributed by atoms with E-state index in [-0.39, 0.29) is 5.60 Å². The van der Waals surface area contributed by atoms with Crippen LogP contribution in [0.25, 0.3) is 0 Å². The van der Waals surface area contributed by atoms with Crippen LogP contribution in [-0.2, 0) is 0 Å². The number of hydrogen-bond donors (Lipinski definition) is 1. The van der Waals surface area contributed by atoms with Gasteiger partial charge in [0.1, 0.15) is 0 Å². The largest absolute Gasteiger partial charge is 0.390 e. The summed E-state index contributed by atoms with van der Waals surface area (Å²) in [4.78, 5) is 0. The quantitative estimate of drug-likeness (QED) is 0.636. The summed E-state index contributed by atoms with van der Waals surface area (Å²) >= 11 is 0. The van der Waals surface area contributed by atoms with Crippen molar-refractivity contribution in [1.82, 2.24) is 0 Å². The third kappa shape index (κ3) is 1.34. The predicted octanol–water partition coefficient (Wildman–Crippen LogP) is 2.09. The van der Waals surface area contributed by atoms with E-state index in [9.17, 15) is 5.11 Å². The molecule has 1 nitrogen and oxygen atoms in total. The average molecular weight is 140 g/mol. The Hall–Kier alpha value is -0.0400. The number of hydrogen-bond acceptors (Lipinski definition) is 1. The lowest BCUT2D eigenvalue weighted by Gasteiger charge is -2.36. The normalized spacial score (nSPS) is 29.7. The molecule has 0 spiro atoms. The highest BCUT2D eigenvalue weighted by Gasteiger charge is 2.35. The molecule has 2 aliphatic carbocycles. The van der Waals surface area contributed by atoms with Crippen molar-refractivity contribution in [2.24, 2.45) is 5.92 Å². The van der Waals surface area contributed by atoms with Crippen LogP contribution in [0, 0.1) is 5.92 Å². The Balaban J connectivity index is 1.67. The molecule has 0 radical (unpaired) electrons. The summed E-state index contributed by atoms with van der Waals surface area (Å²) in [6, 6.07) is 0. The molecular weight excluding hydrogens is 124 g/mol. The second kappa shape index (κ2) is 2.23. The van der Waals surface area contributed by atoms with Gasteiger partial charge in [0, 0.05) is 0 Å². The van der Waals surface area contributed by atoms with Gasteiger partial charge in [0.05, 0.1) is 5.60 Å². The molecule has 0 aliphatic heterocycles. The minimum Gasteiger partial charge on any atom is -0.390 e. The molecule has 0 aromatic heterocycles. The molecule has 0 saturated heterocycles. The summed E-state index contributed by atoms with van der Waals surface area (Å²) in [5, 5.41) is 9.69. The molecule has 1 heteroatoms. The maximum absolute atomic E-state index is 9.69. The van der Waals surface area contributed by atoms with Crippen LogP contribution in [0.15, 0.2) is 0 Å². The second-order valence-corrected chi connectivity index (χ2v) is 4.06. The number of rotatable bonds is 3. The van der Waals surface area contributed by atoms with Crippen LogP contribution in [0.3, 0.4) is 0 Å². The van der Waals surface area contributed by atoms with E-state index in [0.717, 1.165) is 25.2 Å². The van der Waals surface area contributed by atoms with Crippen LogP contribution in [0.5, 0.6) is 0 Å². The highest BCUT2D eigenvalue weighted by atomic mass is 16.3. The van der Waals surface area contributed by atoms with Gasteiger partial charge in [-0.15, -0.1) is 0 Å². The Morgan fingerprint density at radius 1 is 1.30 bits per heavy atom. The first kappa shape index (κ1) is 6.66. The zero-order valence-corrected chi connectivity index (χ0v) is 6.47. The van der Waals surface area contributed by atoms with Crippen LogP contribution < -0.4 is 0 Å². The van der Waals surface area contributed by atoms with E-state index >= 15 is 0 Å². The van der Waals surface area contributed by atoms with E-state index in [1.165, 1.54) is 25.7 Å². The third-order valence-corrected chi connectivity index (χ3v) is 3.00. The minimum atomic E-state index is -0.206. The second-order valence-electron chi connectivity index (χ2n) is 4.06. The van der Waals surface area contributed by atoms with Crippen LogP contribution >= 0.6 is 0 Å². The first-order valence-corrected chi connectivity index (χ1v) is 4.51. The van der Waals surface area contributed by atoms with Crippen molar-refractivity contribution in [1.29, 1.82) is 0 Å². The molecule has 1 N–H and O–H groups in total. The Morgan fingerprint density at radius 2 is 2.00 bits per heavy atom. The fourth-order valence-electron chi connectivity index (χ4n) is 1.71. The van der Waals surface area contributed by atoms with Gasteiger partial charge in [-0.2, -0.15) is 0 Å². The van der Waals surface area contributed by atoms with Crippen molar-refractivity contribution in [3.63, 3.8) is 0 Å². The highest BCUT2D eigenvalue weighted by Crippen LogP contribution is 2.41. The fraction of sp³-hybridized carbons (Fsp3) is 1.00. The van der Waals surface area contributed by atoms with Crippen LogP contribution in [0.2, 0.25) is 0 Å². The molecule has 0 amide bonds. The van der Waals surface area contributed by atoms with Crippen molar-refractivity contribution in [3.8, 4) is 0 Å². The molecule has 0 aromatic carbocycles. The summed E-state index contributed by atoms with van der Waals surface area (Å²) in [7, 11) is 0. The molecule has 2 saturated carbocycles. The van der Waals surface area contributed by atoms with Crippen molar-refractivity contribution >= 4 is 0 Å². The zero-order valence-electron chi connectivity index (χ0n) is 6.47. The summed E-state index contributed by atoms with van der Waals surface area (Å²) < 4.78 is 0. The minimum absolute atomic E-state index is 0.206. The van der Waals surface area contributed by atoms with E-state index in [4.69, 9.17) is 0 Å². The summed E-state index contributed by atoms with van der Waals surface area (Å²) in [5.41, 5.74) is -0.206. The van der Waals surface area contributed by atoms with Crippen LogP contribution in [0.4, 0.5) is 0 Å². The standard InChI is InChI=1S/C9H16O/c10-9(5-1-6-9)7-4-8-2-3-8/h8,10H,1-7H2. The van der Waals surface area contributed by atoms with Crippen LogP contribution in [0.1, 0.15) is 44.9 Å². The van der Waals surface area contributed by atoms with E-state index < -0.39 is 0 Å². The van der Waals surface area contributed by atoms with Crippen molar-refractivity contribution < 1.29 is 5.11 Å². The lowest BCUT2D eigenvalue weighted by atomic mass is 9.77. The Kier molecular flexibility index (Phi) is 1.48. The molecule has 0 atom stereocenters. The monoisotopic (exact) mass is 140 g/mol. The average Bonchev–Trinajstić information content (AvgIpc) is 2.61. The van der Waals surface area contributed by atoms with Crippen molar-refractivity contribution in [3.05, 3.63) is 0 Å².